The van der Waals surface area contributed by atoms with Gasteiger partial charge in [-0.25, -0.2) is 9.97 Å². The molecule has 0 spiro atoms. The van der Waals surface area contributed by atoms with Crippen LogP contribution in [-0.4, -0.2) is 52.7 Å². The molecule has 9 nitrogen and oxygen atoms in total. The number of hydrogen-bond acceptors (Lipinski definition) is 8. The maximum absolute atomic E-state index is 12.9. The summed E-state index contributed by atoms with van der Waals surface area (Å²) in [7, 11) is 3.06. The number of methoxy groups -OCH3 is 2. The lowest BCUT2D eigenvalue weighted by Gasteiger charge is -2.30. The van der Waals surface area contributed by atoms with E-state index in [-0.39, 0.29) is 17.9 Å². The zero-order chi connectivity index (χ0) is 24.1. The molecule has 3 heterocycles. The number of ether oxygens (including phenoxy) is 2. The van der Waals surface area contributed by atoms with Crippen molar-refractivity contribution in [2.45, 2.75) is 45.7 Å². The van der Waals surface area contributed by atoms with Crippen LogP contribution in [0.2, 0.25) is 0 Å². The van der Waals surface area contributed by atoms with Crippen LogP contribution in [0.4, 0.5) is 5.13 Å². The van der Waals surface area contributed by atoms with Crippen molar-refractivity contribution >= 4 is 33.3 Å². The average molecular weight is 486 g/mol. The second kappa shape index (κ2) is 11.0. The molecule has 1 N–H and O–H groups in total. The van der Waals surface area contributed by atoms with Gasteiger partial charge >= 0.3 is 0 Å². The minimum Gasteiger partial charge on any atom is -0.493 e. The van der Waals surface area contributed by atoms with Crippen LogP contribution in [0.5, 0.6) is 11.5 Å². The van der Waals surface area contributed by atoms with E-state index in [9.17, 15) is 9.59 Å². The number of piperidine rings is 1. The number of hydrogen-bond donors (Lipinski definition) is 1. The van der Waals surface area contributed by atoms with Gasteiger partial charge in [0.05, 0.1) is 37.1 Å². The zero-order valence-electron chi connectivity index (χ0n) is 19.9. The Morgan fingerprint density at radius 2 is 2.06 bits per heavy atom. The Morgan fingerprint density at radius 3 is 2.82 bits per heavy atom. The van der Waals surface area contributed by atoms with Gasteiger partial charge in [-0.05, 0) is 37.8 Å². The lowest BCUT2D eigenvalue weighted by molar-refractivity contribution is -0.116. The number of aryl methyl sites for hydroxylation is 1. The highest BCUT2D eigenvalue weighted by molar-refractivity contribution is 7.13. The Kier molecular flexibility index (Phi) is 7.79. The number of rotatable bonds is 9. The maximum Gasteiger partial charge on any atom is 0.261 e. The van der Waals surface area contributed by atoms with E-state index in [2.05, 4.69) is 27.1 Å². The van der Waals surface area contributed by atoms with Crippen LogP contribution in [0.1, 0.15) is 38.3 Å². The Morgan fingerprint density at radius 1 is 1.26 bits per heavy atom. The SMILES string of the molecule is COc1cc2ncn(CCCC(=O)Nc3nc(CN4CCCC(C)C4)cs3)c(=O)c2cc1OC. The van der Waals surface area contributed by atoms with E-state index in [1.807, 2.05) is 5.38 Å². The van der Waals surface area contributed by atoms with Gasteiger partial charge in [-0.15, -0.1) is 11.3 Å². The first kappa shape index (κ1) is 24.2. The molecule has 1 aromatic carbocycles. The van der Waals surface area contributed by atoms with Crippen molar-refractivity contribution < 1.29 is 14.3 Å². The number of carbonyl (C=O) groups excluding carboxylic acids is 1. The summed E-state index contributed by atoms with van der Waals surface area (Å²) in [5.74, 6) is 1.61. The Bertz CT molecular complexity index is 1210. The third kappa shape index (κ3) is 5.74. The maximum atomic E-state index is 12.9. The van der Waals surface area contributed by atoms with Crippen molar-refractivity contribution in [1.29, 1.82) is 0 Å². The van der Waals surface area contributed by atoms with E-state index >= 15 is 0 Å². The topological polar surface area (TPSA) is 98.6 Å². The summed E-state index contributed by atoms with van der Waals surface area (Å²) in [6.45, 7) is 5.70. The molecule has 1 saturated heterocycles. The molecule has 2 aromatic heterocycles. The van der Waals surface area contributed by atoms with Crippen LogP contribution in [0.15, 0.2) is 28.6 Å². The number of carbonyl (C=O) groups is 1. The lowest BCUT2D eigenvalue weighted by Crippen LogP contribution is -2.33. The highest BCUT2D eigenvalue weighted by atomic mass is 32.1. The van der Waals surface area contributed by atoms with Crippen molar-refractivity contribution in [1.82, 2.24) is 19.4 Å². The van der Waals surface area contributed by atoms with Crippen LogP contribution in [0, 0.1) is 5.92 Å². The molecule has 1 atom stereocenters. The van der Waals surface area contributed by atoms with Gasteiger partial charge in [-0.3, -0.25) is 19.1 Å². The molecule has 0 aliphatic carbocycles. The van der Waals surface area contributed by atoms with E-state index in [1.165, 1.54) is 49.3 Å². The van der Waals surface area contributed by atoms with Gasteiger partial charge in [0.1, 0.15) is 0 Å². The van der Waals surface area contributed by atoms with Crippen LogP contribution >= 0.6 is 11.3 Å². The number of fused-ring (bicyclic) bond motifs is 1. The normalized spacial score (nSPS) is 16.5. The summed E-state index contributed by atoms with van der Waals surface area (Å²) >= 11 is 1.45. The molecular formula is C24H31N5O4S. The number of benzene rings is 1. The van der Waals surface area contributed by atoms with Crippen LogP contribution in [-0.2, 0) is 17.9 Å². The number of anilines is 1. The van der Waals surface area contributed by atoms with Crippen molar-refractivity contribution in [2.75, 3.05) is 32.6 Å². The summed E-state index contributed by atoms with van der Waals surface area (Å²) in [4.78, 5) is 36.6. The fourth-order valence-electron chi connectivity index (χ4n) is 4.33. The molecule has 0 radical (unpaired) electrons. The Balaban J connectivity index is 1.30. The molecule has 1 aliphatic rings. The highest BCUT2D eigenvalue weighted by Crippen LogP contribution is 2.29. The van der Waals surface area contributed by atoms with Crippen LogP contribution in [0.25, 0.3) is 10.9 Å². The van der Waals surface area contributed by atoms with E-state index in [4.69, 9.17) is 9.47 Å². The number of aromatic nitrogens is 3. The number of thiazole rings is 1. The monoisotopic (exact) mass is 485 g/mol. The average Bonchev–Trinajstić information content (AvgIpc) is 3.26. The van der Waals surface area contributed by atoms with E-state index in [0.29, 0.717) is 40.5 Å². The molecule has 0 saturated carbocycles. The minimum atomic E-state index is -0.178. The van der Waals surface area contributed by atoms with Crippen molar-refractivity contribution in [3.05, 3.63) is 39.9 Å². The number of likely N-dealkylation sites (tertiary alicyclic amines) is 1. The molecule has 1 aliphatic heterocycles. The summed E-state index contributed by atoms with van der Waals surface area (Å²) in [5.41, 5.74) is 1.36. The molecule has 1 unspecified atom stereocenters. The first-order valence-electron chi connectivity index (χ1n) is 11.5. The van der Waals surface area contributed by atoms with Gasteiger partial charge in [-0.2, -0.15) is 0 Å². The molecule has 4 rings (SSSR count). The quantitative estimate of drug-likeness (QED) is 0.495. The minimum absolute atomic E-state index is 0.110. The molecule has 1 amide bonds. The van der Waals surface area contributed by atoms with Crippen LogP contribution in [0.3, 0.4) is 0 Å². The molecule has 0 bridgehead atoms. The van der Waals surface area contributed by atoms with Gasteiger partial charge in [0.2, 0.25) is 5.91 Å². The van der Waals surface area contributed by atoms with Crippen molar-refractivity contribution in [3.63, 3.8) is 0 Å². The van der Waals surface area contributed by atoms with Gasteiger partial charge < -0.3 is 14.8 Å². The van der Waals surface area contributed by atoms with Gasteiger partial charge in [0.25, 0.3) is 5.56 Å². The largest absolute Gasteiger partial charge is 0.493 e. The van der Waals surface area contributed by atoms with Gasteiger partial charge in [0, 0.05) is 37.5 Å². The van der Waals surface area contributed by atoms with Gasteiger partial charge in [-0.1, -0.05) is 6.92 Å². The van der Waals surface area contributed by atoms with E-state index in [0.717, 1.165) is 31.2 Å². The number of nitrogens with zero attached hydrogens (tertiary/aromatic N) is 4. The zero-order valence-corrected chi connectivity index (χ0v) is 20.7. The molecule has 10 heteroatoms. The second-order valence-electron chi connectivity index (χ2n) is 8.75. The summed E-state index contributed by atoms with van der Waals surface area (Å²) in [6, 6.07) is 3.32. The molecule has 3 aromatic rings. The van der Waals surface area contributed by atoms with E-state index in [1.54, 1.807) is 12.1 Å². The predicted octanol–water partition coefficient (Wildman–Crippen LogP) is 3.52. The second-order valence-corrected chi connectivity index (χ2v) is 9.60. The molecular weight excluding hydrogens is 454 g/mol. The number of amides is 1. The van der Waals surface area contributed by atoms with Crippen molar-refractivity contribution in [3.8, 4) is 11.5 Å². The van der Waals surface area contributed by atoms with Gasteiger partial charge in [0.15, 0.2) is 16.6 Å². The highest BCUT2D eigenvalue weighted by Gasteiger charge is 2.18. The Labute approximate surface area is 202 Å². The standard InChI is InChI=1S/C24H31N5O4S/c1-16-6-4-8-28(12-16)13-17-14-34-24(26-17)27-22(30)7-5-9-29-15-25-19-11-21(33-3)20(32-2)10-18(19)23(29)31/h10-11,14-16H,4-9,12-13H2,1-3H3,(H,26,27,30). The summed E-state index contributed by atoms with van der Waals surface area (Å²) < 4.78 is 12.1. The fourth-order valence-corrected chi connectivity index (χ4v) is 5.05. The third-order valence-corrected chi connectivity index (χ3v) is 6.86. The smallest absolute Gasteiger partial charge is 0.261 e. The van der Waals surface area contributed by atoms with E-state index < -0.39 is 0 Å². The first-order chi connectivity index (χ1) is 16.5. The number of nitrogens with one attached hydrogen (secondary N) is 1. The first-order valence-corrected chi connectivity index (χ1v) is 12.4. The molecule has 1 fully saturated rings. The van der Waals surface area contributed by atoms with Crippen molar-refractivity contribution in [2.24, 2.45) is 5.92 Å². The predicted molar refractivity (Wildman–Crippen MR) is 133 cm³/mol. The Hall–Kier alpha value is -2.98. The van der Waals surface area contributed by atoms with Crippen LogP contribution < -0.4 is 20.3 Å². The molecule has 34 heavy (non-hydrogen) atoms. The third-order valence-electron chi connectivity index (χ3n) is 6.06. The molecule has 182 valence electrons. The fraction of sp³-hybridized carbons (Fsp3) is 0.500. The summed E-state index contributed by atoms with van der Waals surface area (Å²) in [6.07, 6.45) is 4.82. The lowest BCUT2D eigenvalue weighted by atomic mass is 10.0. The summed E-state index contributed by atoms with van der Waals surface area (Å²) in [5, 5.41) is 5.96.